The van der Waals surface area contributed by atoms with Gasteiger partial charge in [-0.1, -0.05) is 53.0 Å². The third-order valence-corrected chi connectivity index (χ3v) is 3.52. The van der Waals surface area contributed by atoms with Gasteiger partial charge in [0.1, 0.15) is 0 Å². The molecular weight excluding hydrogens is 212 g/mol. The number of esters is 1. The second-order valence-corrected chi connectivity index (χ2v) is 5.29. The van der Waals surface area contributed by atoms with E-state index in [-0.39, 0.29) is 5.97 Å². The fourth-order valence-electron chi connectivity index (χ4n) is 1.79. The van der Waals surface area contributed by atoms with Crippen LogP contribution in [0.2, 0.25) is 0 Å². The van der Waals surface area contributed by atoms with Gasteiger partial charge in [-0.05, 0) is 25.2 Å². The van der Waals surface area contributed by atoms with E-state index in [1.54, 1.807) is 6.92 Å². The van der Waals surface area contributed by atoms with Gasteiger partial charge >= 0.3 is 5.97 Å². The van der Waals surface area contributed by atoms with Gasteiger partial charge in [-0.15, -0.1) is 0 Å². The van der Waals surface area contributed by atoms with Crippen LogP contribution in [-0.4, -0.2) is 12.6 Å². The Morgan fingerprint density at radius 2 is 1.88 bits per heavy atom. The first-order valence-corrected chi connectivity index (χ1v) is 6.78. The maximum atomic E-state index is 11.3. The maximum absolute atomic E-state index is 11.3. The summed E-state index contributed by atoms with van der Waals surface area (Å²) in [7, 11) is 0. The van der Waals surface area contributed by atoms with Crippen LogP contribution in [0.3, 0.4) is 0 Å². The van der Waals surface area contributed by atoms with Crippen molar-refractivity contribution in [1.29, 1.82) is 0 Å². The lowest BCUT2D eigenvalue weighted by Gasteiger charge is -2.28. The summed E-state index contributed by atoms with van der Waals surface area (Å²) < 4.78 is 5.17. The average Bonchev–Trinajstić information content (AvgIpc) is 2.29. The molecule has 0 aromatic rings. The summed E-state index contributed by atoms with van der Waals surface area (Å²) in [6, 6.07) is 0. The van der Waals surface area contributed by atoms with Crippen molar-refractivity contribution in [1.82, 2.24) is 0 Å². The summed E-state index contributed by atoms with van der Waals surface area (Å²) in [6.07, 6.45) is 7.14. The van der Waals surface area contributed by atoms with E-state index in [0.717, 1.165) is 12.8 Å². The molecule has 0 bridgehead atoms. The summed E-state index contributed by atoms with van der Waals surface area (Å²) in [5, 5.41) is 0. The average molecular weight is 240 g/mol. The quantitative estimate of drug-likeness (QED) is 0.337. The molecule has 0 rings (SSSR count). The highest BCUT2D eigenvalue weighted by atomic mass is 16.5. The molecule has 0 N–H and O–H groups in total. The first kappa shape index (κ1) is 16.2. The van der Waals surface area contributed by atoms with E-state index in [4.69, 9.17) is 4.74 Å². The van der Waals surface area contributed by atoms with Gasteiger partial charge in [0.05, 0.1) is 6.61 Å². The molecule has 0 spiro atoms. The van der Waals surface area contributed by atoms with E-state index >= 15 is 0 Å². The number of carbonyl (C=O) groups excluding carboxylic acids is 1. The van der Waals surface area contributed by atoms with Crippen LogP contribution >= 0.6 is 0 Å². The lowest BCUT2D eigenvalue weighted by atomic mass is 9.79. The molecule has 0 radical (unpaired) electrons. The Kier molecular flexibility index (Phi) is 7.94. The van der Waals surface area contributed by atoms with Gasteiger partial charge in [-0.25, -0.2) is 4.79 Å². The SMILES string of the molecule is C=C(C)C(=O)OCCC(C)(CC)CCCCC. The molecule has 0 aromatic carbocycles. The van der Waals surface area contributed by atoms with Crippen LogP contribution in [0.1, 0.15) is 66.2 Å². The molecule has 0 saturated carbocycles. The van der Waals surface area contributed by atoms with Gasteiger partial charge < -0.3 is 4.74 Å². The summed E-state index contributed by atoms with van der Waals surface area (Å²) >= 11 is 0. The highest BCUT2D eigenvalue weighted by molar-refractivity contribution is 5.86. The molecule has 0 heterocycles. The molecule has 0 amide bonds. The molecule has 0 aliphatic carbocycles. The van der Waals surface area contributed by atoms with Gasteiger partial charge in [0.25, 0.3) is 0 Å². The molecule has 0 fully saturated rings. The van der Waals surface area contributed by atoms with Crippen LogP contribution in [-0.2, 0) is 9.53 Å². The van der Waals surface area contributed by atoms with Gasteiger partial charge in [0, 0.05) is 5.57 Å². The van der Waals surface area contributed by atoms with E-state index in [9.17, 15) is 4.79 Å². The zero-order chi connectivity index (χ0) is 13.3. The Bertz CT molecular complexity index is 245. The van der Waals surface area contributed by atoms with Gasteiger partial charge in [-0.2, -0.15) is 0 Å². The first-order chi connectivity index (χ1) is 7.95. The van der Waals surface area contributed by atoms with Crippen molar-refractivity contribution in [2.24, 2.45) is 5.41 Å². The van der Waals surface area contributed by atoms with E-state index < -0.39 is 0 Å². The molecule has 0 saturated heterocycles. The largest absolute Gasteiger partial charge is 0.462 e. The van der Waals surface area contributed by atoms with Crippen molar-refractivity contribution in [2.75, 3.05) is 6.61 Å². The van der Waals surface area contributed by atoms with Crippen LogP contribution in [0.15, 0.2) is 12.2 Å². The van der Waals surface area contributed by atoms with Crippen molar-refractivity contribution < 1.29 is 9.53 Å². The Labute approximate surface area is 106 Å². The Morgan fingerprint density at radius 1 is 1.24 bits per heavy atom. The summed E-state index contributed by atoms with van der Waals surface area (Å²) in [4.78, 5) is 11.3. The molecule has 0 aromatic heterocycles. The van der Waals surface area contributed by atoms with Crippen molar-refractivity contribution >= 4 is 5.97 Å². The number of hydrogen-bond acceptors (Lipinski definition) is 2. The minimum atomic E-state index is -0.267. The van der Waals surface area contributed by atoms with E-state index in [1.807, 2.05) is 0 Å². The van der Waals surface area contributed by atoms with Crippen molar-refractivity contribution in [3.05, 3.63) is 12.2 Å². The number of unbranched alkanes of at least 4 members (excludes halogenated alkanes) is 2. The predicted molar refractivity (Wildman–Crippen MR) is 72.9 cm³/mol. The van der Waals surface area contributed by atoms with E-state index in [1.165, 1.54) is 25.7 Å². The monoisotopic (exact) mass is 240 g/mol. The van der Waals surface area contributed by atoms with Crippen LogP contribution in [0, 0.1) is 5.41 Å². The Balaban J connectivity index is 3.94. The predicted octanol–water partition coefficient (Wildman–Crippen LogP) is 4.49. The normalized spacial score (nSPS) is 14.1. The number of hydrogen-bond donors (Lipinski definition) is 0. The second kappa shape index (κ2) is 8.32. The smallest absolute Gasteiger partial charge is 0.333 e. The van der Waals surface area contributed by atoms with Crippen LogP contribution in [0.4, 0.5) is 0 Å². The van der Waals surface area contributed by atoms with Gasteiger partial charge in [-0.3, -0.25) is 0 Å². The topological polar surface area (TPSA) is 26.3 Å². The third kappa shape index (κ3) is 7.19. The molecule has 0 aliphatic rings. The van der Waals surface area contributed by atoms with Gasteiger partial charge in [0.15, 0.2) is 0 Å². The highest BCUT2D eigenvalue weighted by Gasteiger charge is 2.21. The molecule has 1 unspecified atom stereocenters. The molecule has 17 heavy (non-hydrogen) atoms. The van der Waals surface area contributed by atoms with E-state index in [2.05, 4.69) is 27.4 Å². The maximum Gasteiger partial charge on any atom is 0.333 e. The fraction of sp³-hybridized carbons (Fsp3) is 0.800. The molecule has 2 heteroatoms. The summed E-state index contributed by atoms with van der Waals surface area (Å²) in [5.74, 6) is -0.267. The molecule has 1 atom stereocenters. The molecule has 2 nitrogen and oxygen atoms in total. The zero-order valence-corrected chi connectivity index (χ0v) is 12.0. The van der Waals surface area contributed by atoms with Crippen LogP contribution in [0.5, 0.6) is 0 Å². The third-order valence-electron chi connectivity index (χ3n) is 3.52. The van der Waals surface area contributed by atoms with Gasteiger partial charge in [0.2, 0.25) is 0 Å². The highest BCUT2D eigenvalue weighted by Crippen LogP contribution is 2.32. The summed E-state index contributed by atoms with van der Waals surface area (Å²) in [5.41, 5.74) is 0.791. The number of carbonyl (C=O) groups is 1. The molecule has 100 valence electrons. The standard InChI is InChI=1S/C15H28O2/c1-6-8-9-10-15(5,7-2)11-12-17-14(16)13(3)4/h3,6-12H2,1-2,4-5H3. The first-order valence-electron chi connectivity index (χ1n) is 6.78. The molecular formula is C15H28O2. The van der Waals surface area contributed by atoms with Crippen molar-refractivity contribution in [3.8, 4) is 0 Å². The zero-order valence-electron chi connectivity index (χ0n) is 12.0. The van der Waals surface area contributed by atoms with Crippen molar-refractivity contribution in [3.63, 3.8) is 0 Å². The number of ether oxygens (including phenoxy) is 1. The van der Waals surface area contributed by atoms with Crippen LogP contribution in [0.25, 0.3) is 0 Å². The fourth-order valence-corrected chi connectivity index (χ4v) is 1.79. The van der Waals surface area contributed by atoms with Crippen LogP contribution < -0.4 is 0 Å². The Morgan fingerprint density at radius 3 is 2.35 bits per heavy atom. The number of rotatable bonds is 9. The second-order valence-electron chi connectivity index (χ2n) is 5.29. The minimum Gasteiger partial charge on any atom is -0.462 e. The Hall–Kier alpha value is -0.790. The van der Waals surface area contributed by atoms with E-state index in [0.29, 0.717) is 17.6 Å². The molecule has 0 aliphatic heterocycles. The lowest BCUT2D eigenvalue weighted by Crippen LogP contribution is -2.19. The van der Waals surface area contributed by atoms with Crippen molar-refractivity contribution in [2.45, 2.75) is 66.2 Å². The minimum absolute atomic E-state index is 0.267. The lowest BCUT2D eigenvalue weighted by molar-refractivity contribution is -0.139. The summed E-state index contributed by atoms with van der Waals surface area (Å²) in [6.45, 7) is 12.5.